The van der Waals surface area contributed by atoms with Gasteiger partial charge in [-0.1, -0.05) is 188 Å². The van der Waals surface area contributed by atoms with Crippen molar-refractivity contribution in [2.75, 3.05) is 0 Å². The highest BCUT2D eigenvalue weighted by molar-refractivity contribution is 5.91. The molecule has 0 aliphatic rings. The third kappa shape index (κ3) is 19.2. The van der Waals surface area contributed by atoms with E-state index >= 15 is 0 Å². The minimum atomic E-state index is 1.00. The summed E-state index contributed by atoms with van der Waals surface area (Å²) in [6, 6.07) is 129. The normalized spacial score (nSPS) is 11.0. The van der Waals surface area contributed by atoms with E-state index < -0.39 is 0 Å². The highest BCUT2D eigenvalue weighted by atomic mass is 14.7. The lowest BCUT2D eigenvalue weighted by molar-refractivity contribution is 1.31. The number of aromatic nitrogens is 12. The van der Waals surface area contributed by atoms with Gasteiger partial charge in [0.15, 0.2) is 0 Å². The number of hydrogen-bond acceptors (Lipinski definition) is 12. The van der Waals surface area contributed by atoms with Crippen LogP contribution in [0, 0.1) is 0 Å². The molecule has 23 rings (SSSR count). The molecule has 648 valence electrons. The van der Waals surface area contributed by atoms with E-state index in [1.807, 2.05) is 173 Å². The molecule has 0 aliphatic heterocycles. The van der Waals surface area contributed by atoms with Crippen LogP contribution < -0.4 is 0 Å². The Kier molecular flexibility index (Phi) is 24.2. The first-order valence-electron chi connectivity index (χ1n) is 45.7. The second-order valence-corrected chi connectivity index (χ2v) is 34.0. The molecule has 0 unspecified atom stereocenters. The number of nitrogens with zero attached hydrogens (tertiary/aromatic N) is 12. The van der Waals surface area contributed by atoms with Gasteiger partial charge in [-0.2, -0.15) is 0 Å². The van der Waals surface area contributed by atoms with Crippen LogP contribution in [-0.4, -0.2) is 59.8 Å². The van der Waals surface area contributed by atoms with Crippen LogP contribution in [0.5, 0.6) is 0 Å². The number of benzene rings is 11. The number of rotatable bonds is 21. The van der Waals surface area contributed by atoms with E-state index in [-0.39, 0.29) is 0 Å². The summed E-state index contributed by atoms with van der Waals surface area (Å²) in [6.07, 6.45) is 45.4. The summed E-state index contributed by atoms with van der Waals surface area (Å²) in [5.41, 5.74) is 44.9. The van der Waals surface area contributed by atoms with E-state index in [4.69, 9.17) is 24.9 Å². The molecule has 0 aliphatic carbocycles. The molecule has 12 heteroatoms. The van der Waals surface area contributed by atoms with Crippen molar-refractivity contribution in [2.24, 2.45) is 0 Å². The van der Waals surface area contributed by atoms with Gasteiger partial charge in [0.2, 0.25) is 0 Å². The molecule has 138 heavy (non-hydrogen) atoms. The van der Waals surface area contributed by atoms with Crippen LogP contribution in [0.3, 0.4) is 0 Å². The van der Waals surface area contributed by atoms with E-state index in [1.165, 1.54) is 0 Å². The van der Waals surface area contributed by atoms with E-state index in [1.54, 1.807) is 18.6 Å². The first-order chi connectivity index (χ1) is 68.3. The van der Waals surface area contributed by atoms with Crippen molar-refractivity contribution in [3.8, 4) is 234 Å². The van der Waals surface area contributed by atoms with Crippen LogP contribution in [0.1, 0.15) is 0 Å². The molecule has 23 aromatic rings. The van der Waals surface area contributed by atoms with Crippen molar-refractivity contribution >= 4 is 0 Å². The zero-order chi connectivity index (χ0) is 92.1. The Morgan fingerprint density at radius 2 is 0.159 bits per heavy atom. The first-order valence-corrected chi connectivity index (χ1v) is 45.7. The Balaban J connectivity index is 0.000000165. The van der Waals surface area contributed by atoms with Gasteiger partial charge in [0.25, 0.3) is 0 Å². The van der Waals surface area contributed by atoms with Crippen molar-refractivity contribution in [2.45, 2.75) is 0 Å². The molecule has 0 N–H and O–H groups in total. The van der Waals surface area contributed by atoms with Gasteiger partial charge in [0, 0.05) is 243 Å². The van der Waals surface area contributed by atoms with Crippen LogP contribution in [0.4, 0.5) is 0 Å². The average Bonchev–Trinajstić information content (AvgIpc) is 0.784. The fourth-order valence-electron chi connectivity index (χ4n) is 17.9. The smallest absolute Gasteiger partial charge is 0.0346 e. The van der Waals surface area contributed by atoms with Crippen molar-refractivity contribution in [1.29, 1.82) is 0 Å². The lowest BCUT2D eigenvalue weighted by Gasteiger charge is -2.14. The summed E-state index contributed by atoms with van der Waals surface area (Å²) in [4.78, 5) is 54.7. The van der Waals surface area contributed by atoms with E-state index in [0.29, 0.717) is 0 Å². The quantitative estimate of drug-likeness (QED) is 0.0672. The second-order valence-electron chi connectivity index (χ2n) is 34.0. The summed E-state index contributed by atoms with van der Waals surface area (Å²) in [5.74, 6) is 0. The molecule has 12 nitrogen and oxygen atoms in total. The van der Waals surface area contributed by atoms with Gasteiger partial charge in [-0.15, -0.1) is 0 Å². The Morgan fingerprint density at radius 1 is 0.0725 bits per heavy atom. The molecule has 0 fully saturated rings. The van der Waals surface area contributed by atoms with Crippen molar-refractivity contribution in [3.05, 3.63) is 513 Å². The first kappa shape index (κ1) is 84.7. The lowest BCUT2D eigenvalue weighted by atomic mass is 9.91. The highest BCUT2D eigenvalue weighted by Gasteiger charge is 2.19. The minimum absolute atomic E-state index is 1.00. The van der Waals surface area contributed by atoms with Crippen LogP contribution in [-0.2, 0) is 0 Å². The van der Waals surface area contributed by atoms with Crippen molar-refractivity contribution in [3.63, 3.8) is 0 Å². The monoisotopic (exact) mass is 1760 g/mol. The molecule has 0 bridgehead atoms. The topological polar surface area (TPSA) is 155 Å². The lowest BCUT2D eigenvalue weighted by Crippen LogP contribution is -1.91. The van der Waals surface area contributed by atoms with Crippen LogP contribution in [0.15, 0.2) is 513 Å². The molecule has 12 heterocycles. The Morgan fingerprint density at radius 3 is 0.290 bits per heavy atom. The molecule has 0 atom stereocenters. The van der Waals surface area contributed by atoms with Gasteiger partial charge in [0.1, 0.15) is 0 Å². The third-order valence-corrected chi connectivity index (χ3v) is 25.0. The number of pyridine rings is 12. The predicted molar refractivity (Wildman–Crippen MR) is 561 cm³/mol. The Labute approximate surface area is 800 Å². The molecular weight excluding hydrogens is 1680 g/mol. The molecule has 0 saturated carbocycles. The Bertz CT molecular complexity index is 7500. The standard InChI is InChI=1S/C72H48N6.C54H36N6/c1-10-49(59-20-6-24-73-41-59)28-53(14-1)63-33-64(54-15-2-11-50(29-54)60-21-7-25-74-42-60)36-67(35-63)71-39-69(45-77-47-71)57-18-5-19-58(32-57)70-40-72(48-78-46-70)68-37-65(55-16-3-12-51(30-55)61-22-8-26-75-43-61)34-66(38-68)56-17-4-13-52(31-56)62-23-9-27-76-44-62;1-7-37(43-13-4-16-55-28-43)19-40(10-1)49-25-52(34-58-31-49)46-22-47(53-26-50(32-59-35-53)41-11-2-8-38(20-41)44-14-5-17-56-29-44)24-48(23-46)54-27-51(33-60-36-54)42-12-3-9-39(21-42)45-15-6-18-57-30-45/h1-48H;1-36H. The molecule has 0 radical (unpaired) electrons. The summed E-state index contributed by atoms with van der Waals surface area (Å²) >= 11 is 0. The summed E-state index contributed by atoms with van der Waals surface area (Å²) in [5, 5.41) is 0. The number of hydrogen-bond donors (Lipinski definition) is 0. The van der Waals surface area contributed by atoms with Crippen LogP contribution in [0.2, 0.25) is 0 Å². The van der Waals surface area contributed by atoms with Gasteiger partial charge in [0.05, 0.1) is 0 Å². The SMILES string of the molecule is c1cncc(-c2cccc(-c3cc(-c4cccc(-c5cccnc5)c4)cc(-c4cncc(-c5cccc(-c6cncc(-c7cc(-c8cccc(-c9cccnc9)c8)cc(-c8cccc(-c9cccnc9)c8)c7)c6)c5)c4)c3)c2)c1.c1cncc(-c2cccc(-c3cncc(-c4cc(-c5cncc(-c6cccc(-c7cccnc7)c6)c5)cc(-c5cncc(-c6cccc(-c7cccnc7)c6)c5)c4)c3)c2)c1. The maximum Gasteiger partial charge on any atom is 0.0346 e. The van der Waals surface area contributed by atoms with Crippen molar-refractivity contribution in [1.82, 2.24) is 59.8 Å². The fourth-order valence-corrected chi connectivity index (χ4v) is 17.9. The average molecular weight is 1770 g/mol. The predicted octanol–water partition coefficient (Wildman–Crippen LogP) is 31.1. The highest BCUT2D eigenvalue weighted by Crippen LogP contribution is 2.44. The molecule has 11 aromatic carbocycles. The van der Waals surface area contributed by atoms with E-state index in [0.717, 1.165) is 234 Å². The van der Waals surface area contributed by atoms with Crippen LogP contribution >= 0.6 is 0 Å². The molecular formula is C126H84N12. The summed E-state index contributed by atoms with van der Waals surface area (Å²) < 4.78 is 0. The van der Waals surface area contributed by atoms with E-state index in [2.05, 4.69) is 356 Å². The zero-order valence-electron chi connectivity index (χ0n) is 74.9. The van der Waals surface area contributed by atoms with Gasteiger partial charge < -0.3 is 0 Å². The van der Waals surface area contributed by atoms with Gasteiger partial charge >= 0.3 is 0 Å². The largest absolute Gasteiger partial charge is 0.264 e. The summed E-state index contributed by atoms with van der Waals surface area (Å²) in [6.45, 7) is 0. The molecule has 0 saturated heterocycles. The molecule has 12 aromatic heterocycles. The van der Waals surface area contributed by atoms with Gasteiger partial charge in [-0.3, -0.25) is 59.8 Å². The Hall–Kier alpha value is -18.8. The fraction of sp³-hybridized carbons (Fsp3) is 0. The second kappa shape index (κ2) is 39.3. The zero-order valence-corrected chi connectivity index (χ0v) is 74.9. The third-order valence-electron chi connectivity index (χ3n) is 25.0. The minimum Gasteiger partial charge on any atom is -0.264 e. The van der Waals surface area contributed by atoms with Gasteiger partial charge in [-0.25, -0.2) is 0 Å². The maximum absolute atomic E-state index is 4.89. The van der Waals surface area contributed by atoms with Gasteiger partial charge in [-0.05, 0) is 315 Å². The molecule has 0 spiro atoms. The van der Waals surface area contributed by atoms with Crippen molar-refractivity contribution < 1.29 is 0 Å². The van der Waals surface area contributed by atoms with Crippen LogP contribution in [0.25, 0.3) is 234 Å². The molecule has 0 amide bonds. The maximum atomic E-state index is 4.89. The summed E-state index contributed by atoms with van der Waals surface area (Å²) in [7, 11) is 0. The van der Waals surface area contributed by atoms with E-state index in [9.17, 15) is 0 Å².